The summed E-state index contributed by atoms with van der Waals surface area (Å²) in [5, 5.41) is 0.630. The maximum absolute atomic E-state index is 5.71. The molecule has 0 saturated carbocycles. The number of nitrogens with zero attached hydrogens (tertiary/aromatic N) is 1. The van der Waals surface area contributed by atoms with Crippen molar-refractivity contribution in [2.75, 3.05) is 5.73 Å². The predicted octanol–water partition coefficient (Wildman–Crippen LogP) is 2.49. The highest BCUT2D eigenvalue weighted by Gasteiger charge is 2.01. The lowest BCUT2D eigenvalue weighted by Crippen LogP contribution is -1.80. The molecule has 2 N–H and O–H groups in total. The summed E-state index contributed by atoms with van der Waals surface area (Å²) < 4.78 is 5.03. The van der Waals surface area contributed by atoms with Crippen LogP contribution in [-0.4, -0.2) is 4.98 Å². The Labute approximate surface area is 79.9 Å². The van der Waals surface area contributed by atoms with Crippen molar-refractivity contribution in [3.63, 3.8) is 0 Å². The van der Waals surface area contributed by atoms with E-state index < -0.39 is 0 Å². The average Bonchev–Trinajstić information content (AvgIpc) is 2.27. The molecule has 0 aliphatic rings. The maximum Gasteiger partial charge on any atom is 0.292 e. The summed E-state index contributed by atoms with van der Waals surface area (Å²) >= 11 is 5.71. The van der Waals surface area contributed by atoms with E-state index in [4.69, 9.17) is 21.8 Å². The number of hydrogen-bond donors (Lipinski definition) is 1. The Morgan fingerprint density at radius 1 is 1.42 bits per heavy atom. The van der Waals surface area contributed by atoms with Crippen LogP contribution in [0.5, 0.6) is 0 Å². The van der Waals surface area contributed by atoms with Gasteiger partial charge in [0.25, 0.3) is 6.01 Å². The summed E-state index contributed by atoms with van der Waals surface area (Å²) in [6, 6.07) is 5.34. The van der Waals surface area contributed by atoms with Crippen LogP contribution in [0, 0.1) is 0 Å². The first-order valence-corrected chi connectivity index (χ1v) is 3.45. The zero-order valence-electron chi connectivity index (χ0n) is 5.95. The van der Waals surface area contributed by atoms with E-state index in [0.29, 0.717) is 16.1 Å². The standard InChI is InChI=1S/C7H5ClN2O.ClH/c8-4-1-2-6-5(3-4)10-7(9)11-6;/h1-3H,(H2,9,10);1H. The van der Waals surface area contributed by atoms with Crippen LogP contribution in [-0.2, 0) is 0 Å². The van der Waals surface area contributed by atoms with Gasteiger partial charge in [0, 0.05) is 5.02 Å². The van der Waals surface area contributed by atoms with Crippen molar-refractivity contribution in [1.82, 2.24) is 4.98 Å². The molecule has 0 fully saturated rings. The number of nitrogens with two attached hydrogens (primary N) is 1. The third-order valence-corrected chi connectivity index (χ3v) is 1.60. The number of nitrogen functional groups attached to an aromatic ring is 1. The minimum atomic E-state index is 0. The quantitative estimate of drug-likeness (QED) is 0.718. The van der Waals surface area contributed by atoms with Crippen molar-refractivity contribution in [1.29, 1.82) is 0 Å². The number of halogens is 2. The van der Waals surface area contributed by atoms with E-state index in [-0.39, 0.29) is 18.4 Å². The normalized spacial score (nSPS) is 9.75. The van der Waals surface area contributed by atoms with Gasteiger partial charge in [0.05, 0.1) is 0 Å². The Bertz CT molecular complexity index is 399. The molecular formula is C7H6Cl2N2O. The van der Waals surface area contributed by atoms with Crippen LogP contribution in [0.4, 0.5) is 6.01 Å². The fraction of sp³-hybridized carbons (Fsp3) is 0. The molecule has 1 aromatic carbocycles. The molecule has 0 aliphatic heterocycles. The number of hydrogen-bond acceptors (Lipinski definition) is 3. The van der Waals surface area contributed by atoms with Crippen LogP contribution < -0.4 is 5.73 Å². The zero-order chi connectivity index (χ0) is 7.84. The molecule has 1 aromatic heterocycles. The Hall–Kier alpha value is -0.930. The molecule has 0 amide bonds. The highest BCUT2D eigenvalue weighted by Crippen LogP contribution is 2.20. The molecule has 1 heterocycles. The summed E-state index contributed by atoms with van der Waals surface area (Å²) in [6.07, 6.45) is 0. The fourth-order valence-corrected chi connectivity index (χ4v) is 1.08. The number of rotatable bonds is 0. The lowest BCUT2D eigenvalue weighted by molar-refractivity contribution is 0.626. The van der Waals surface area contributed by atoms with Gasteiger partial charge in [0.2, 0.25) is 0 Å². The van der Waals surface area contributed by atoms with E-state index in [0.717, 1.165) is 0 Å². The van der Waals surface area contributed by atoms with Gasteiger partial charge in [-0.1, -0.05) is 11.6 Å². The van der Waals surface area contributed by atoms with Crippen molar-refractivity contribution in [2.45, 2.75) is 0 Å². The molecule has 5 heteroatoms. The van der Waals surface area contributed by atoms with Gasteiger partial charge in [0.1, 0.15) is 5.52 Å². The third kappa shape index (κ3) is 1.47. The maximum atomic E-state index is 5.71. The lowest BCUT2D eigenvalue weighted by Gasteiger charge is -1.85. The molecular weight excluding hydrogens is 199 g/mol. The molecule has 2 aromatic rings. The number of aromatic nitrogens is 1. The number of fused-ring (bicyclic) bond motifs is 1. The summed E-state index contributed by atoms with van der Waals surface area (Å²) in [6.45, 7) is 0. The molecule has 3 nitrogen and oxygen atoms in total. The van der Waals surface area contributed by atoms with E-state index in [2.05, 4.69) is 4.98 Å². The summed E-state index contributed by atoms with van der Waals surface area (Å²) in [4.78, 5) is 3.90. The molecule has 0 spiro atoms. The van der Waals surface area contributed by atoms with Gasteiger partial charge in [-0.3, -0.25) is 0 Å². The molecule has 0 aliphatic carbocycles. The number of oxazole rings is 1. The van der Waals surface area contributed by atoms with E-state index in [9.17, 15) is 0 Å². The summed E-state index contributed by atoms with van der Waals surface area (Å²) in [7, 11) is 0. The molecule has 0 bridgehead atoms. The van der Waals surface area contributed by atoms with Crippen LogP contribution >= 0.6 is 24.0 Å². The van der Waals surface area contributed by atoms with Crippen LogP contribution in [0.3, 0.4) is 0 Å². The second-order valence-corrected chi connectivity index (χ2v) is 2.60. The highest BCUT2D eigenvalue weighted by atomic mass is 35.5. The van der Waals surface area contributed by atoms with Crippen LogP contribution in [0.2, 0.25) is 5.02 Å². The summed E-state index contributed by atoms with van der Waals surface area (Å²) in [5.41, 5.74) is 6.67. The van der Waals surface area contributed by atoms with Crippen molar-refractivity contribution < 1.29 is 4.42 Å². The fourth-order valence-electron chi connectivity index (χ4n) is 0.918. The van der Waals surface area contributed by atoms with Gasteiger partial charge in [0.15, 0.2) is 5.58 Å². The third-order valence-electron chi connectivity index (χ3n) is 1.37. The second kappa shape index (κ2) is 3.21. The minimum Gasteiger partial charge on any atom is -0.424 e. The molecule has 2 rings (SSSR count). The first-order chi connectivity index (χ1) is 5.25. The Morgan fingerprint density at radius 2 is 2.17 bits per heavy atom. The topological polar surface area (TPSA) is 52.0 Å². The largest absolute Gasteiger partial charge is 0.424 e. The van der Waals surface area contributed by atoms with Crippen LogP contribution in [0.1, 0.15) is 0 Å². The molecule has 64 valence electrons. The monoisotopic (exact) mass is 204 g/mol. The van der Waals surface area contributed by atoms with E-state index in [1.807, 2.05) is 0 Å². The number of anilines is 1. The van der Waals surface area contributed by atoms with Crippen molar-refractivity contribution in [3.05, 3.63) is 23.2 Å². The predicted molar refractivity (Wildman–Crippen MR) is 50.7 cm³/mol. The SMILES string of the molecule is Cl.Nc1nc2cc(Cl)ccc2o1. The Morgan fingerprint density at radius 3 is 2.92 bits per heavy atom. The highest BCUT2D eigenvalue weighted by molar-refractivity contribution is 6.31. The van der Waals surface area contributed by atoms with Crippen molar-refractivity contribution in [2.24, 2.45) is 0 Å². The first-order valence-electron chi connectivity index (χ1n) is 3.07. The minimum absolute atomic E-state index is 0. The van der Waals surface area contributed by atoms with Gasteiger partial charge in [-0.15, -0.1) is 12.4 Å². The van der Waals surface area contributed by atoms with Crippen molar-refractivity contribution in [3.8, 4) is 0 Å². The van der Waals surface area contributed by atoms with Gasteiger partial charge in [-0.05, 0) is 18.2 Å². The Balaban J connectivity index is 0.000000720. The van der Waals surface area contributed by atoms with Crippen LogP contribution in [0.15, 0.2) is 22.6 Å². The molecule has 0 atom stereocenters. The van der Waals surface area contributed by atoms with Gasteiger partial charge in [-0.25, -0.2) is 0 Å². The average molecular weight is 205 g/mol. The number of benzene rings is 1. The zero-order valence-corrected chi connectivity index (χ0v) is 7.52. The molecule has 0 saturated heterocycles. The van der Waals surface area contributed by atoms with Crippen molar-refractivity contribution >= 4 is 41.1 Å². The second-order valence-electron chi connectivity index (χ2n) is 2.16. The lowest BCUT2D eigenvalue weighted by atomic mass is 10.3. The Kier molecular flexibility index (Phi) is 2.45. The smallest absolute Gasteiger partial charge is 0.292 e. The van der Waals surface area contributed by atoms with Gasteiger partial charge >= 0.3 is 0 Å². The van der Waals surface area contributed by atoms with Crippen LogP contribution in [0.25, 0.3) is 11.1 Å². The van der Waals surface area contributed by atoms with E-state index >= 15 is 0 Å². The van der Waals surface area contributed by atoms with Gasteiger partial charge in [-0.2, -0.15) is 4.98 Å². The van der Waals surface area contributed by atoms with E-state index in [1.165, 1.54) is 0 Å². The van der Waals surface area contributed by atoms with Gasteiger partial charge < -0.3 is 10.2 Å². The first kappa shape index (κ1) is 9.16. The molecule has 12 heavy (non-hydrogen) atoms. The molecule has 0 unspecified atom stereocenters. The summed E-state index contributed by atoms with van der Waals surface area (Å²) in [5.74, 6) is 0. The van der Waals surface area contributed by atoms with E-state index in [1.54, 1.807) is 18.2 Å². The molecule has 0 radical (unpaired) electrons.